The molecule has 2 amide bonds. The van der Waals surface area contributed by atoms with E-state index >= 15 is 0 Å². The lowest BCUT2D eigenvalue weighted by Crippen LogP contribution is -2.29. The van der Waals surface area contributed by atoms with Gasteiger partial charge in [0.15, 0.2) is 0 Å². The maximum Gasteiger partial charge on any atom is 0.239 e. The second kappa shape index (κ2) is 8.14. The van der Waals surface area contributed by atoms with Crippen molar-refractivity contribution < 1.29 is 9.59 Å². The zero-order valence-corrected chi connectivity index (χ0v) is 16.3. The number of thioether (sulfide) groups is 1. The molecule has 1 fully saturated rings. The lowest BCUT2D eigenvalue weighted by Gasteiger charge is -2.27. The van der Waals surface area contributed by atoms with Gasteiger partial charge in [0.1, 0.15) is 11.3 Å². The molecule has 136 valence electrons. The van der Waals surface area contributed by atoms with E-state index in [1.807, 2.05) is 47.4 Å². The minimum Gasteiger partial charge on any atom is -0.325 e. The highest BCUT2D eigenvalue weighted by molar-refractivity contribution is 8.00. The number of amides is 2. The predicted octanol–water partition coefficient (Wildman–Crippen LogP) is 4.77. The molecule has 0 radical (unpaired) electrons. The Kier molecular flexibility index (Phi) is 5.89. The van der Waals surface area contributed by atoms with Crippen molar-refractivity contribution in [2.24, 2.45) is 0 Å². The van der Waals surface area contributed by atoms with Crippen LogP contribution in [-0.2, 0) is 9.59 Å². The van der Waals surface area contributed by atoms with Crippen LogP contribution in [0.5, 0.6) is 0 Å². The molecule has 4 nitrogen and oxygen atoms in total. The summed E-state index contributed by atoms with van der Waals surface area (Å²) < 4.78 is 0. The van der Waals surface area contributed by atoms with Gasteiger partial charge in [0.25, 0.3) is 0 Å². The summed E-state index contributed by atoms with van der Waals surface area (Å²) in [5.41, 5.74) is 3.87. The molecule has 26 heavy (non-hydrogen) atoms. The van der Waals surface area contributed by atoms with Gasteiger partial charge in [-0.15, -0.1) is 23.4 Å². The Balaban J connectivity index is 1.90. The van der Waals surface area contributed by atoms with E-state index in [9.17, 15) is 9.59 Å². The summed E-state index contributed by atoms with van der Waals surface area (Å²) in [5, 5.41) is 2.66. The molecule has 3 rings (SSSR count). The number of para-hydroxylation sites is 1. The van der Waals surface area contributed by atoms with Crippen LogP contribution in [-0.4, -0.2) is 23.4 Å². The number of carbonyl (C=O) groups excluding carboxylic acids is 2. The number of nitrogens with zero attached hydrogens (tertiary/aromatic N) is 1. The van der Waals surface area contributed by atoms with Gasteiger partial charge >= 0.3 is 0 Å². The third-order valence-electron chi connectivity index (χ3n) is 4.29. The zero-order valence-electron chi connectivity index (χ0n) is 14.7. The average molecular weight is 389 g/mol. The number of carbonyl (C=O) groups is 2. The van der Waals surface area contributed by atoms with Crippen molar-refractivity contribution in [2.75, 3.05) is 21.8 Å². The molecule has 1 atom stereocenters. The van der Waals surface area contributed by atoms with E-state index in [1.165, 1.54) is 5.56 Å². The van der Waals surface area contributed by atoms with Crippen molar-refractivity contribution in [2.45, 2.75) is 25.1 Å². The number of hydrogen-bond acceptors (Lipinski definition) is 3. The summed E-state index contributed by atoms with van der Waals surface area (Å²) >= 11 is 7.14. The number of hydrogen-bond donors (Lipinski definition) is 1. The van der Waals surface area contributed by atoms with Crippen LogP contribution >= 0.6 is 23.4 Å². The van der Waals surface area contributed by atoms with E-state index in [4.69, 9.17) is 11.6 Å². The van der Waals surface area contributed by atoms with Crippen molar-refractivity contribution in [3.63, 3.8) is 0 Å². The second-order valence-corrected chi connectivity index (χ2v) is 7.78. The number of nitrogens with one attached hydrogen (secondary N) is 1. The minimum absolute atomic E-state index is 0.0693. The smallest absolute Gasteiger partial charge is 0.239 e. The fraction of sp³-hybridized carbons (Fsp3) is 0.300. The van der Waals surface area contributed by atoms with Crippen LogP contribution in [0.4, 0.5) is 11.4 Å². The molecule has 1 N–H and O–H groups in total. The molecule has 0 unspecified atom stereocenters. The Morgan fingerprint density at radius 1 is 1.23 bits per heavy atom. The molecule has 0 saturated carbocycles. The van der Waals surface area contributed by atoms with Crippen LogP contribution in [0.15, 0.2) is 48.5 Å². The van der Waals surface area contributed by atoms with Crippen LogP contribution in [0.25, 0.3) is 0 Å². The van der Waals surface area contributed by atoms with Gasteiger partial charge in [0.2, 0.25) is 11.8 Å². The summed E-state index contributed by atoms with van der Waals surface area (Å²) in [6, 6.07) is 15.7. The molecule has 1 aliphatic heterocycles. The van der Waals surface area contributed by atoms with Gasteiger partial charge in [0.05, 0.1) is 5.75 Å². The van der Waals surface area contributed by atoms with Gasteiger partial charge < -0.3 is 5.32 Å². The Hall–Kier alpha value is -1.98. The van der Waals surface area contributed by atoms with E-state index in [-0.39, 0.29) is 23.1 Å². The largest absolute Gasteiger partial charge is 0.325 e. The first-order chi connectivity index (χ1) is 12.5. The molecule has 2 aromatic carbocycles. The number of benzene rings is 2. The molecule has 1 aliphatic rings. The van der Waals surface area contributed by atoms with E-state index < -0.39 is 0 Å². The number of halogens is 1. The summed E-state index contributed by atoms with van der Waals surface area (Å²) in [7, 11) is 0. The van der Waals surface area contributed by atoms with Crippen LogP contribution in [0.1, 0.15) is 36.3 Å². The highest BCUT2D eigenvalue weighted by atomic mass is 35.5. The van der Waals surface area contributed by atoms with E-state index in [1.54, 1.807) is 11.8 Å². The quantitative estimate of drug-likeness (QED) is 0.751. The Bertz CT molecular complexity index is 808. The first kappa shape index (κ1) is 18.8. The van der Waals surface area contributed by atoms with Gasteiger partial charge in [-0.1, -0.05) is 44.2 Å². The highest BCUT2D eigenvalue weighted by Crippen LogP contribution is 2.44. The van der Waals surface area contributed by atoms with Crippen molar-refractivity contribution in [1.29, 1.82) is 0 Å². The van der Waals surface area contributed by atoms with Crippen LogP contribution < -0.4 is 10.2 Å². The van der Waals surface area contributed by atoms with Crippen LogP contribution in [0.2, 0.25) is 0 Å². The average Bonchev–Trinajstić information content (AvgIpc) is 3.03. The lowest BCUT2D eigenvalue weighted by molar-refractivity contribution is -0.116. The van der Waals surface area contributed by atoms with Crippen LogP contribution in [0, 0.1) is 0 Å². The van der Waals surface area contributed by atoms with E-state index in [0.29, 0.717) is 17.4 Å². The zero-order chi connectivity index (χ0) is 18.7. The maximum atomic E-state index is 12.6. The molecule has 0 aliphatic carbocycles. The molecule has 2 aromatic rings. The summed E-state index contributed by atoms with van der Waals surface area (Å²) in [4.78, 5) is 25.9. The number of rotatable bonds is 5. The monoisotopic (exact) mass is 388 g/mol. The third kappa shape index (κ3) is 3.89. The summed E-state index contributed by atoms with van der Waals surface area (Å²) in [6.45, 7) is 4.27. The molecular formula is C20H21ClN2O2S. The summed E-state index contributed by atoms with van der Waals surface area (Å²) in [5.74, 6) is 0.597. The van der Waals surface area contributed by atoms with Crippen LogP contribution in [0.3, 0.4) is 0 Å². The summed E-state index contributed by atoms with van der Waals surface area (Å²) in [6.07, 6.45) is 0. The topological polar surface area (TPSA) is 49.4 Å². The van der Waals surface area contributed by atoms with Gasteiger partial charge in [-0.25, -0.2) is 0 Å². The van der Waals surface area contributed by atoms with Crippen molar-refractivity contribution in [1.82, 2.24) is 0 Å². The fourth-order valence-electron chi connectivity index (χ4n) is 3.05. The van der Waals surface area contributed by atoms with Gasteiger partial charge in [-0.05, 0) is 35.2 Å². The number of anilines is 2. The molecule has 1 heterocycles. The van der Waals surface area contributed by atoms with E-state index in [2.05, 4.69) is 25.2 Å². The molecule has 0 bridgehead atoms. The van der Waals surface area contributed by atoms with Gasteiger partial charge in [-0.3, -0.25) is 14.5 Å². The Morgan fingerprint density at radius 2 is 1.92 bits per heavy atom. The van der Waals surface area contributed by atoms with E-state index in [0.717, 1.165) is 11.3 Å². The standard InChI is InChI=1S/C20H21ClN2O2S/c1-13(2)16-5-3-4-6-17(16)23-19(25)12-26-20(23)14-7-9-15(10-8-14)22-18(24)11-21/h3-10,13,20H,11-12H2,1-2H3,(H,22,24)/t20-/m0/s1. The predicted molar refractivity (Wildman–Crippen MR) is 109 cm³/mol. The minimum atomic E-state index is -0.239. The molecule has 1 saturated heterocycles. The first-order valence-electron chi connectivity index (χ1n) is 8.49. The first-order valence-corrected chi connectivity index (χ1v) is 10.1. The molecule has 0 spiro atoms. The molecular weight excluding hydrogens is 368 g/mol. The lowest BCUT2D eigenvalue weighted by atomic mass is 10.00. The highest BCUT2D eigenvalue weighted by Gasteiger charge is 2.35. The fourth-order valence-corrected chi connectivity index (χ4v) is 4.29. The van der Waals surface area contributed by atoms with Crippen molar-refractivity contribution >= 4 is 46.6 Å². The second-order valence-electron chi connectivity index (χ2n) is 6.44. The molecule has 6 heteroatoms. The van der Waals surface area contributed by atoms with Gasteiger partial charge in [-0.2, -0.15) is 0 Å². The number of alkyl halides is 1. The maximum absolute atomic E-state index is 12.6. The SMILES string of the molecule is CC(C)c1ccccc1N1C(=O)CS[C@H]1c1ccc(NC(=O)CCl)cc1. The third-order valence-corrected chi connectivity index (χ3v) is 5.74. The van der Waals surface area contributed by atoms with Gasteiger partial charge in [0, 0.05) is 11.4 Å². The Labute approximate surface area is 162 Å². The normalized spacial score (nSPS) is 17.0. The van der Waals surface area contributed by atoms with Crippen molar-refractivity contribution in [3.05, 3.63) is 59.7 Å². The molecule has 0 aromatic heterocycles. The van der Waals surface area contributed by atoms with Crippen molar-refractivity contribution in [3.8, 4) is 0 Å². The Morgan fingerprint density at radius 3 is 2.58 bits per heavy atom.